The van der Waals surface area contributed by atoms with Crippen molar-refractivity contribution in [1.29, 1.82) is 0 Å². The van der Waals surface area contributed by atoms with E-state index in [2.05, 4.69) is 12.7 Å². The molecule has 5 nitrogen and oxygen atoms in total. The summed E-state index contributed by atoms with van der Waals surface area (Å²) in [5, 5.41) is 24.0. The van der Waals surface area contributed by atoms with E-state index in [9.17, 15) is 4.79 Å². The Balaban J connectivity index is 0. The molecule has 0 fully saturated rings. The number of hydrogen-bond acceptors (Lipinski definition) is 4. The Morgan fingerprint density at radius 2 is 1.32 bits per heavy atom. The maximum atomic E-state index is 10.2. The normalized spacial score (nSPS) is 10.2. The molecule has 0 bridgehead atoms. The van der Waals surface area contributed by atoms with Crippen LogP contribution in [0.2, 0.25) is 0 Å². The fourth-order valence-corrected chi connectivity index (χ4v) is 1.59. The predicted octanol–water partition coefficient (Wildman–Crippen LogP) is 2.25. The lowest BCUT2D eigenvalue weighted by molar-refractivity contribution is -0.137. The maximum Gasteiger partial charge on any atom is 0.303 e. The molecule has 0 spiro atoms. The van der Waals surface area contributed by atoms with Crippen LogP contribution in [0.15, 0.2) is 0 Å². The standard InChI is InChI=1S/C12H24O2.C2H7NO2/c1-2-3-4-5-6-7-8-9-10-11-12(13)14;3-1-2(4)5/h2-11H2,1H3,(H,13,14);2,4-5H,1,3H2. The van der Waals surface area contributed by atoms with Gasteiger partial charge in [0.1, 0.15) is 0 Å². The summed E-state index contributed by atoms with van der Waals surface area (Å²) in [4.78, 5) is 10.2. The summed E-state index contributed by atoms with van der Waals surface area (Å²) in [7, 11) is 0. The number of nitrogens with two attached hydrogens (primary N) is 1. The third-order valence-electron chi connectivity index (χ3n) is 2.71. The Morgan fingerprint density at radius 3 is 1.63 bits per heavy atom. The van der Waals surface area contributed by atoms with Gasteiger partial charge in [-0.15, -0.1) is 0 Å². The first kappa shape index (κ1) is 20.7. The van der Waals surface area contributed by atoms with E-state index < -0.39 is 12.3 Å². The number of unbranched alkanes of at least 4 members (excludes halogenated alkanes) is 8. The Bertz CT molecular complexity index is 186. The predicted molar refractivity (Wildman–Crippen MR) is 76.8 cm³/mol. The molecular formula is C14H31NO4. The van der Waals surface area contributed by atoms with E-state index in [0.29, 0.717) is 6.42 Å². The zero-order valence-electron chi connectivity index (χ0n) is 12.2. The molecular weight excluding hydrogens is 246 g/mol. The van der Waals surface area contributed by atoms with E-state index in [1.807, 2.05) is 0 Å². The first-order valence-corrected chi connectivity index (χ1v) is 7.32. The minimum absolute atomic E-state index is 0.0833. The van der Waals surface area contributed by atoms with E-state index in [-0.39, 0.29) is 6.54 Å². The van der Waals surface area contributed by atoms with Gasteiger partial charge < -0.3 is 21.1 Å². The van der Waals surface area contributed by atoms with Crippen LogP contribution in [0.5, 0.6) is 0 Å². The molecule has 0 aromatic carbocycles. The minimum atomic E-state index is -1.34. The quantitative estimate of drug-likeness (QED) is 0.342. The molecule has 0 radical (unpaired) electrons. The average Bonchev–Trinajstić information content (AvgIpc) is 2.37. The summed E-state index contributed by atoms with van der Waals surface area (Å²) in [6.45, 7) is 2.14. The van der Waals surface area contributed by atoms with Gasteiger partial charge in [-0.2, -0.15) is 0 Å². The van der Waals surface area contributed by atoms with Gasteiger partial charge in [0.2, 0.25) is 0 Å². The van der Waals surface area contributed by atoms with Crippen LogP contribution in [0.25, 0.3) is 0 Å². The second kappa shape index (κ2) is 17.4. The molecule has 0 saturated heterocycles. The van der Waals surface area contributed by atoms with Crippen LogP contribution in [0.1, 0.15) is 71.1 Å². The van der Waals surface area contributed by atoms with E-state index >= 15 is 0 Å². The Morgan fingerprint density at radius 1 is 0.947 bits per heavy atom. The molecule has 5 N–H and O–H groups in total. The molecule has 0 unspecified atom stereocenters. The summed E-state index contributed by atoms with van der Waals surface area (Å²) < 4.78 is 0. The molecule has 0 aromatic heterocycles. The van der Waals surface area contributed by atoms with Crippen LogP contribution in [-0.2, 0) is 4.79 Å². The lowest BCUT2D eigenvalue weighted by Gasteiger charge is -2.00. The highest BCUT2D eigenvalue weighted by atomic mass is 16.5. The number of aliphatic carboxylic acids is 1. The molecule has 0 aliphatic carbocycles. The van der Waals surface area contributed by atoms with Crippen molar-refractivity contribution >= 4 is 5.97 Å². The van der Waals surface area contributed by atoms with Crippen molar-refractivity contribution in [1.82, 2.24) is 0 Å². The molecule has 116 valence electrons. The van der Waals surface area contributed by atoms with Crippen LogP contribution in [-0.4, -0.2) is 34.1 Å². The lowest BCUT2D eigenvalue weighted by atomic mass is 10.1. The number of hydrogen-bond donors (Lipinski definition) is 4. The van der Waals surface area contributed by atoms with Gasteiger partial charge in [-0.1, -0.05) is 58.3 Å². The highest BCUT2D eigenvalue weighted by Crippen LogP contribution is 2.10. The Kier molecular flexibility index (Phi) is 18.9. The molecule has 0 amide bonds. The largest absolute Gasteiger partial charge is 0.481 e. The Hall–Kier alpha value is -0.650. The van der Waals surface area contributed by atoms with Gasteiger partial charge in [0, 0.05) is 13.0 Å². The minimum Gasteiger partial charge on any atom is -0.481 e. The van der Waals surface area contributed by atoms with Crippen molar-refractivity contribution in [2.45, 2.75) is 77.4 Å². The smallest absolute Gasteiger partial charge is 0.303 e. The molecule has 0 saturated carbocycles. The third kappa shape index (κ3) is 26.8. The second-order valence-electron chi connectivity index (χ2n) is 4.69. The average molecular weight is 277 g/mol. The van der Waals surface area contributed by atoms with Crippen molar-refractivity contribution < 1.29 is 20.1 Å². The maximum absolute atomic E-state index is 10.2. The molecule has 0 heterocycles. The van der Waals surface area contributed by atoms with Crippen molar-refractivity contribution in [2.75, 3.05) is 6.54 Å². The fraction of sp³-hybridized carbons (Fsp3) is 0.929. The fourth-order valence-electron chi connectivity index (χ4n) is 1.59. The highest BCUT2D eigenvalue weighted by Gasteiger charge is 1.96. The van der Waals surface area contributed by atoms with Crippen molar-refractivity contribution in [3.05, 3.63) is 0 Å². The first-order chi connectivity index (χ1) is 9.04. The van der Waals surface area contributed by atoms with Gasteiger partial charge in [-0.25, -0.2) is 0 Å². The van der Waals surface area contributed by atoms with Crippen LogP contribution < -0.4 is 5.73 Å². The summed E-state index contributed by atoms with van der Waals surface area (Å²) in [5.74, 6) is -0.659. The monoisotopic (exact) mass is 277 g/mol. The van der Waals surface area contributed by atoms with Crippen molar-refractivity contribution in [2.24, 2.45) is 5.73 Å². The van der Waals surface area contributed by atoms with Gasteiger partial charge in [-0.3, -0.25) is 4.79 Å². The van der Waals surface area contributed by atoms with Crippen molar-refractivity contribution in [3.8, 4) is 0 Å². The number of carboxylic acid groups (broad SMARTS) is 1. The van der Waals surface area contributed by atoms with Gasteiger partial charge in [0.25, 0.3) is 0 Å². The van der Waals surface area contributed by atoms with Crippen LogP contribution in [0, 0.1) is 0 Å². The number of carbonyl (C=O) groups is 1. The molecule has 19 heavy (non-hydrogen) atoms. The van der Waals surface area contributed by atoms with Crippen LogP contribution >= 0.6 is 0 Å². The van der Waals surface area contributed by atoms with E-state index in [4.69, 9.17) is 15.3 Å². The van der Waals surface area contributed by atoms with Gasteiger partial charge in [-0.05, 0) is 6.42 Å². The summed E-state index contributed by atoms with van der Waals surface area (Å²) in [6.07, 6.45) is 10.1. The number of carboxylic acids is 1. The molecule has 0 aromatic rings. The molecule has 0 rings (SSSR count). The molecule has 0 atom stereocenters. The topological polar surface area (TPSA) is 104 Å². The number of rotatable bonds is 11. The second-order valence-corrected chi connectivity index (χ2v) is 4.69. The molecule has 5 heteroatoms. The van der Waals surface area contributed by atoms with Crippen LogP contribution in [0.3, 0.4) is 0 Å². The van der Waals surface area contributed by atoms with Gasteiger partial charge in [0.15, 0.2) is 6.29 Å². The lowest BCUT2D eigenvalue weighted by Crippen LogP contribution is -2.17. The highest BCUT2D eigenvalue weighted by molar-refractivity contribution is 5.66. The first-order valence-electron chi connectivity index (χ1n) is 7.32. The number of aliphatic hydroxyl groups excluding tert-OH is 1. The molecule has 0 aliphatic rings. The summed E-state index contributed by atoms with van der Waals surface area (Å²) in [6, 6.07) is 0. The summed E-state index contributed by atoms with van der Waals surface area (Å²) in [5.41, 5.74) is 4.67. The molecule has 0 aliphatic heterocycles. The van der Waals surface area contributed by atoms with Crippen LogP contribution in [0.4, 0.5) is 0 Å². The van der Waals surface area contributed by atoms with E-state index in [0.717, 1.165) is 12.8 Å². The zero-order chi connectivity index (χ0) is 14.9. The third-order valence-corrected chi connectivity index (χ3v) is 2.71. The Labute approximate surface area is 116 Å². The van der Waals surface area contributed by atoms with E-state index in [1.165, 1.54) is 44.9 Å². The van der Waals surface area contributed by atoms with Crippen molar-refractivity contribution in [3.63, 3.8) is 0 Å². The van der Waals surface area contributed by atoms with Gasteiger partial charge >= 0.3 is 5.97 Å². The zero-order valence-corrected chi connectivity index (χ0v) is 12.2. The number of aliphatic hydroxyl groups is 2. The van der Waals surface area contributed by atoms with E-state index in [1.54, 1.807) is 0 Å². The summed E-state index contributed by atoms with van der Waals surface area (Å²) >= 11 is 0. The SMILES string of the molecule is CCCCCCCCCCCC(=O)O.NCC(O)O. The van der Waals surface area contributed by atoms with Gasteiger partial charge in [0.05, 0.1) is 0 Å².